The van der Waals surface area contributed by atoms with Gasteiger partial charge < -0.3 is 13.6 Å². The van der Waals surface area contributed by atoms with Crippen LogP contribution < -0.4 is 0 Å². The number of hydrogen-bond acceptors (Lipinski definition) is 5. The topological polar surface area (TPSA) is 65.5 Å². The molecule has 5 nitrogen and oxygen atoms in total. The van der Waals surface area contributed by atoms with Crippen molar-refractivity contribution in [1.29, 1.82) is 0 Å². The summed E-state index contributed by atoms with van der Waals surface area (Å²) < 4.78 is 54.9. The molecular formula is C24H26F3NO4. The zero-order valence-electron chi connectivity index (χ0n) is 18.5. The van der Waals surface area contributed by atoms with Gasteiger partial charge in [0.25, 0.3) is 0 Å². The van der Waals surface area contributed by atoms with Crippen LogP contribution in [0.4, 0.5) is 13.2 Å². The lowest BCUT2D eigenvalue weighted by atomic mass is 10.1. The molecule has 0 aliphatic heterocycles. The molecule has 0 unspecified atom stereocenters. The summed E-state index contributed by atoms with van der Waals surface area (Å²) in [6.45, 7) is 7.82. The van der Waals surface area contributed by atoms with Crippen molar-refractivity contribution in [3.05, 3.63) is 64.6 Å². The SMILES string of the molecule is CCOC(=O)Cc1oc(CCc2cc(-c3ccc(C(F)(F)F)cc3)oc2C)nc1C(C)C. The summed E-state index contributed by atoms with van der Waals surface area (Å²) in [4.78, 5) is 16.4. The number of oxazole rings is 1. The van der Waals surface area contributed by atoms with E-state index in [1.165, 1.54) is 12.1 Å². The fourth-order valence-electron chi connectivity index (χ4n) is 3.42. The van der Waals surface area contributed by atoms with Crippen LogP contribution in [0.5, 0.6) is 0 Å². The number of ether oxygens (including phenoxy) is 1. The van der Waals surface area contributed by atoms with Crippen molar-refractivity contribution in [2.24, 2.45) is 0 Å². The Hall–Kier alpha value is -3.03. The van der Waals surface area contributed by atoms with Crippen LogP contribution >= 0.6 is 0 Å². The number of carbonyl (C=O) groups excluding carboxylic acids is 1. The van der Waals surface area contributed by atoms with E-state index >= 15 is 0 Å². The van der Waals surface area contributed by atoms with Crippen molar-refractivity contribution in [2.45, 2.75) is 59.1 Å². The number of carbonyl (C=O) groups is 1. The lowest BCUT2D eigenvalue weighted by Crippen LogP contribution is -2.08. The quantitative estimate of drug-likeness (QED) is 0.379. The van der Waals surface area contributed by atoms with Gasteiger partial charge in [0.05, 0.1) is 17.9 Å². The molecule has 2 heterocycles. The Morgan fingerprint density at radius 1 is 1.12 bits per heavy atom. The van der Waals surface area contributed by atoms with E-state index in [1.807, 2.05) is 26.8 Å². The van der Waals surface area contributed by atoms with Gasteiger partial charge in [-0.15, -0.1) is 0 Å². The summed E-state index contributed by atoms with van der Waals surface area (Å²) in [5.74, 6) is 1.96. The molecule has 8 heteroatoms. The number of rotatable bonds is 8. The van der Waals surface area contributed by atoms with Crippen LogP contribution in [-0.2, 0) is 35.0 Å². The third-order valence-electron chi connectivity index (χ3n) is 5.05. The summed E-state index contributed by atoms with van der Waals surface area (Å²) in [7, 11) is 0. The Kier molecular flexibility index (Phi) is 7.11. The third kappa shape index (κ3) is 5.60. The van der Waals surface area contributed by atoms with Crippen LogP contribution in [0.3, 0.4) is 0 Å². The molecule has 1 aromatic carbocycles. The predicted octanol–water partition coefficient (Wildman–Crippen LogP) is 6.28. The van der Waals surface area contributed by atoms with Crippen LogP contribution in [0, 0.1) is 6.92 Å². The lowest BCUT2D eigenvalue weighted by molar-refractivity contribution is -0.142. The molecule has 0 spiro atoms. The van der Waals surface area contributed by atoms with Gasteiger partial charge in [0.15, 0.2) is 5.89 Å². The van der Waals surface area contributed by atoms with E-state index in [-0.39, 0.29) is 18.3 Å². The number of benzene rings is 1. The summed E-state index contributed by atoms with van der Waals surface area (Å²) in [6.07, 6.45) is -3.26. The summed E-state index contributed by atoms with van der Waals surface area (Å²) in [5.41, 5.74) is 1.52. The Labute approximate surface area is 184 Å². The number of hydrogen-bond donors (Lipinski definition) is 0. The smallest absolute Gasteiger partial charge is 0.416 e. The van der Waals surface area contributed by atoms with Crippen LogP contribution in [0.15, 0.2) is 39.2 Å². The van der Waals surface area contributed by atoms with Gasteiger partial charge in [-0.05, 0) is 49.9 Å². The second kappa shape index (κ2) is 9.63. The molecule has 0 radical (unpaired) electrons. The van der Waals surface area contributed by atoms with Crippen molar-refractivity contribution >= 4 is 5.97 Å². The monoisotopic (exact) mass is 449 g/mol. The molecule has 172 valence electrons. The van der Waals surface area contributed by atoms with Gasteiger partial charge in [0.1, 0.15) is 23.7 Å². The van der Waals surface area contributed by atoms with Crippen molar-refractivity contribution in [2.75, 3.05) is 6.61 Å². The Morgan fingerprint density at radius 2 is 1.81 bits per heavy atom. The number of nitrogens with zero attached hydrogens (tertiary/aromatic N) is 1. The van der Waals surface area contributed by atoms with Gasteiger partial charge in [-0.3, -0.25) is 4.79 Å². The molecule has 0 aliphatic rings. The highest BCUT2D eigenvalue weighted by Gasteiger charge is 2.30. The molecule has 0 saturated heterocycles. The molecule has 32 heavy (non-hydrogen) atoms. The first kappa shape index (κ1) is 23.6. The fraction of sp³-hybridized carbons (Fsp3) is 0.417. The molecule has 0 aliphatic carbocycles. The number of aryl methyl sites for hydroxylation is 3. The van der Waals surface area contributed by atoms with Crippen LogP contribution in [0.2, 0.25) is 0 Å². The minimum atomic E-state index is -4.38. The van der Waals surface area contributed by atoms with Crippen LogP contribution in [0.1, 0.15) is 60.9 Å². The maximum absolute atomic E-state index is 12.8. The zero-order valence-corrected chi connectivity index (χ0v) is 18.5. The lowest BCUT2D eigenvalue weighted by Gasteiger charge is -2.06. The standard InChI is InChI=1S/C24H26F3NO4/c1-5-30-22(29)13-20-23(14(2)3)28-21(32-20)11-8-17-12-19(31-15(17)4)16-6-9-18(10-7-16)24(25,26)27/h6-7,9-10,12,14H,5,8,11,13H2,1-4H3. The van der Waals surface area contributed by atoms with Crippen LogP contribution in [0.25, 0.3) is 11.3 Å². The number of halogens is 3. The van der Waals surface area contributed by atoms with Gasteiger partial charge in [0.2, 0.25) is 0 Å². The van der Waals surface area contributed by atoms with Gasteiger partial charge in [-0.1, -0.05) is 26.0 Å². The number of esters is 1. The molecule has 3 aromatic rings. The van der Waals surface area contributed by atoms with Crippen molar-refractivity contribution in [1.82, 2.24) is 4.98 Å². The average Bonchev–Trinajstić information content (AvgIpc) is 3.29. The molecular weight excluding hydrogens is 423 g/mol. The zero-order chi connectivity index (χ0) is 23.5. The minimum Gasteiger partial charge on any atom is -0.466 e. The second-order valence-corrected chi connectivity index (χ2v) is 7.82. The maximum Gasteiger partial charge on any atom is 0.416 e. The van der Waals surface area contributed by atoms with E-state index in [2.05, 4.69) is 4.98 Å². The fourth-order valence-corrected chi connectivity index (χ4v) is 3.42. The molecule has 2 aromatic heterocycles. The number of alkyl halides is 3. The average molecular weight is 449 g/mol. The predicted molar refractivity (Wildman–Crippen MR) is 112 cm³/mol. The van der Waals surface area contributed by atoms with E-state index < -0.39 is 11.7 Å². The molecule has 0 N–H and O–H groups in total. The first-order valence-corrected chi connectivity index (χ1v) is 10.5. The van der Waals surface area contributed by atoms with E-state index in [4.69, 9.17) is 13.6 Å². The van der Waals surface area contributed by atoms with E-state index in [0.717, 1.165) is 23.4 Å². The first-order valence-electron chi connectivity index (χ1n) is 10.5. The summed E-state index contributed by atoms with van der Waals surface area (Å²) in [5, 5.41) is 0. The van der Waals surface area contributed by atoms with Crippen LogP contribution in [-0.4, -0.2) is 17.6 Å². The van der Waals surface area contributed by atoms with E-state index in [0.29, 0.717) is 48.2 Å². The van der Waals surface area contributed by atoms with Gasteiger partial charge in [-0.25, -0.2) is 4.98 Å². The summed E-state index contributed by atoms with van der Waals surface area (Å²) in [6, 6.07) is 6.70. The number of aromatic nitrogens is 1. The molecule has 0 amide bonds. The van der Waals surface area contributed by atoms with Crippen molar-refractivity contribution < 1.29 is 31.5 Å². The Morgan fingerprint density at radius 3 is 2.41 bits per heavy atom. The molecule has 0 fully saturated rings. The highest BCUT2D eigenvalue weighted by atomic mass is 19.4. The Balaban J connectivity index is 1.72. The van der Waals surface area contributed by atoms with Gasteiger partial charge in [0, 0.05) is 12.0 Å². The molecule has 0 saturated carbocycles. The van der Waals surface area contributed by atoms with Crippen molar-refractivity contribution in [3.8, 4) is 11.3 Å². The maximum atomic E-state index is 12.8. The van der Waals surface area contributed by atoms with Gasteiger partial charge >= 0.3 is 12.1 Å². The minimum absolute atomic E-state index is 0.0388. The summed E-state index contributed by atoms with van der Waals surface area (Å²) >= 11 is 0. The van der Waals surface area contributed by atoms with Crippen molar-refractivity contribution in [3.63, 3.8) is 0 Å². The highest BCUT2D eigenvalue weighted by Crippen LogP contribution is 2.32. The largest absolute Gasteiger partial charge is 0.466 e. The highest BCUT2D eigenvalue weighted by molar-refractivity contribution is 5.72. The molecule has 0 atom stereocenters. The third-order valence-corrected chi connectivity index (χ3v) is 5.05. The first-order chi connectivity index (χ1) is 15.1. The normalized spacial score (nSPS) is 11.9. The molecule has 0 bridgehead atoms. The Bertz CT molecular complexity index is 1060. The van der Waals surface area contributed by atoms with E-state index in [1.54, 1.807) is 6.92 Å². The van der Waals surface area contributed by atoms with Gasteiger partial charge in [-0.2, -0.15) is 13.2 Å². The number of furan rings is 1. The molecule has 3 rings (SSSR count). The second-order valence-electron chi connectivity index (χ2n) is 7.82. The van der Waals surface area contributed by atoms with E-state index in [9.17, 15) is 18.0 Å².